The van der Waals surface area contributed by atoms with E-state index in [0.717, 1.165) is 24.2 Å². The third-order valence-corrected chi connectivity index (χ3v) is 3.83. The molecule has 0 radical (unpaired) electrons. The number of halogens is 1. The van der Waals surface area contributed by atoms with Crippen molar-refractivity contribution in [3.63, 3.8) is 0 Å². The molecule has 2 N–H and O–H groups in total. The van der Waals surface area contributed by atoms with Gasteiger partial charge in [0.2, 0.25) is 5.91 Å². The van der Waals surface area contributed by atoms with Crippen molar-refractivity contribution in [3.05, 3.63) is 17.2 Å². The molecule has 1 aliphatic rings. The molecule has 0 aliphatic carbocycles. The van der Waals surface area contributed by atoms with E-state index in [4.69, 9.17) is 21.9 Å². The number of benzene rings is 1. The van der Waals surface area contributed by atoms with Crippen LogP contribution in [0.5, 0.6) is 0 Å². The van der Waals surface area contributed by atoms with Crippen LogP contribution in [-0.2, 0) is 4.79 Å². The Morgan fingerprint density at radius 3 is 2.70 bits per heavy atom. The van der Waals surface area contributed by atoms with Gasteiger partial charge in [-0.2, -0.15) is 0 Å². The Labute approximate surface area is 121 Å². The molecule has 6 nitrogen and oxygen atoms in total. The Morgan fingerprint density at radius 2 is 2.05 bits per heavy atom. The van der Waals surface area contributed by atoms with Crippen LogP contribution >= 0.6 is 11.6 Å². The molecule has 106 valence electrons. The van der Waals surface area contributed by atoms with Gasteiger partial charge in [-0.05, 0) is 12.1 Å². The molecule has 0 spiro atoms. The molecule has 1 aromatic carbocycles. The first kappa shape index (κ1) is 13.1. The van der Waals surface area contributed by atoms with E-state index >= 15 is 0 Å². The van der Waals surface area contributed by atoms with E-state index < -0.39 is 0 Å². The number of nitrogens with zero attached hydrogens (tertiary/aromatic N) is 3. The topological polar surface area (TPSA) is 75.6 Å². The predicted molar refractivity (Wildman–Crippen MR) is 77.9 cm³/mol. The SMILES string of the molecule is CC(=O)N1CCN(c2cc(Cl)cc3c(N)noc23)CC1. The molecule has 1 saturated heterocycles. The normalized spacial score (nSPS) is 15.9. The number of nitrogen functional groups attached to an aromatic ring is 1. The van der Waals surface area contributed by atoms with Crippen LogP contribution in [0.1, 0.15) is 6.92 Å². The van der Waals surface area contributed by atoms with E-state index in [1.165, 1.54) is 0 Å². The second kappa shape index (κ2) is 4.86. The van der Waals surface area contributed by atoms with Crippen LogP contribution in [0.2, 0.25) is 5.02 Å². The van der Waals surface area contributed by atoms with Crippen LogP contribution in [0.3, 0.4) is 0 Å². The number of hydrogen-bond donors (Lipinski definition) is 1. The third-order valence-electron chi connectivity index (χ3n) is 3.61. The number of amides is 1. The number of hydrogen-bond acceptors (Lipinski definition) is 5. The molecule has 0 atom stereocenters. The Bertz CT molecular complexity index is 662. The number of aromatic nitrogens is 1. The molecule has 0 bridgehead atoms. The lowest BCUT2D eigenvalue weighted by Crippen LogP contribution is -2.48. The van der Waals surface area contributed by atoms with Gasteiger partial charge in [0.15, 0.2) is 11.4 Å². The predicted octanol–water partition coefficient (Wildman–Crippen LogP) is 1.73. The summed E-state index contributed by atoms with van der Waals surface area (Å²) in [5, 5.41) is 5.11. The maximum absolute atomic E-state index is 11.4. The summed E-state index contributed by atoms with van der Waals surface area (Å²) in [6.07, 6.45) is 0. The van der Waals surface area contributed by atoms with E-state index in [9.17, 15) is 4.79 Å². The first-order valence-corrected chi connectivity index (χ1v) is 6.79. The minimum Gasteiger partial charge on any atom is -0.380 e. The third kappa shape index (κ3) is 2.16. The van der Waals surface area contributed by atoms with Crippen LogP contribution < -0.4 is 10.6 Å². The molecule has 1 amide bonds. The van der Waals surface area contributed by atoms with Gasteiger partial charge in [0.25, 0.3) is 0 Å². The van der Waals surface area contributed by atoms with Crippen molar-refractivity contribution in [3.8, 4) is 0 Å². The first-order chi connectivity index (χ1) is 9.56. The van der Waals surface area contributed by atoms with Crippen LogP contribution in [0.4, 0.5) is 11.5 Å². The van der Waals surface area contributed by atoms with Crippen molar-refractivity contribution in [1.82, 2.24) is 10.1 Å². The van der Waals surface area contributed by atoms with E-state index in [-0.39, 0.29) is 5.91 Å². The zero-order valence-corrected chi connectivity index (χ0v) is 11.9. The Kier molecular flexibility index (Phi) is 3.17. The van der Waals surface area contributed by atoms with Gasteiger partial charge >= 0.3 is 0 Å². The first-order valence-electron chi connectivity index (χ1n) is 6.41. The highest BCUT2D eigenvalue weighted by Gasteiger charge is 2.22. The summed E-state index contributed by atoms with van der Waals surface area (Å²) >= 11 is 6.13. The van der Waals surface area contributed by atoms with Gasteiger partial charge in [0, 0.05) is 38.1 Å². The van der Waals surface area contributed by atoms with E-state index in [0.29, 0.717) is 29.5 Å². The Hall–Kier alpha value is -1.95. The maximum Gasteiger partial charge on any atom is 0.219 e. The molecule has 0 unspecified atom stereocenters. The zero-order chi connectivity index (χ0) is 14.3. The zero-order valence-electron chi connectivity index (χ0n) is 11.1. The highest BCUT2D eigenvalue weighted by Crippen LogP contribution is 2.34. The largest absolute Gasteiger partial charge is 0.380 e. The molecule has 3 rings (SSSR count). The second-order valence-corrected chi connectivity index (χ2v) is 5.30. The van der Waals surface area contributed by atoms with Crippen LogP contribution in [0, 0.1) is 0 Å². The van der Waals surface area contributed by atoms with Gasteiger partial charge in [-0.1, -0.05) is 16.8 Å². The van der Waals surface area contributed by atoms with E-state index in [1.807, 2.05) is 11.0 Å². The fourth-order valence-corrected chi connectivity index (χ4v) is 2.72. The van der Waals surface area contributed by atoms with Crippen LogP contribution in [0.25, 0.3) is 11.0 Å². The molecule has 20 heavy (non-hydrogen) atoms. The standard InChI is InChI=1S/C13H15ClN4O2/c1-8(19)17-2-4-18(5-3-17)11-7-9(14)6-10-12(11)20-16-13(10)15/h6-7H,2-5H2,1H3,(H2,15,16). The number of rotatable bonds is 1. The van der Waals surface area contributed by atoms with Crippen molar-refractivity contribution in [2.45, 2.75) is 6.92 Å². The highest BCUT2D eigenvalue weighted by atomic mass is 35.5. The molecular formula is C13H15ClN4O2. The summed E-state index contributed by atoms with van der Waals surface area (Å²) in [6, 6.07) is 3.59. The molecular weight excluding hydrogens is 280 g/mol. The summed E-state index contributed by atoms with van der Waals surface area (Å²) in [5.74, 6) is 0.441. The van der Waals surface area contributed by atoms with Crippen LogP contribution in [0.15, 0.2) is 16.7 Å². The summed E-state index contributed by atoms with van der Waals surface area (Å²) in [5.41, 5.74) is 7.29. The minimum absolute atomic E-state index is 0.102. The summed E-state index contributed by atoms with van der Waals surface area (Å²) in [4.78, 5) is 15.3. The fourth-order valence-electron chi connectivity index (χ4n) is 2.51. The van der Waals surface area contributed by atoms with Crippen molar-refractivity contribution in [1.29, 1.82) is 0 Å². The second-order valence-electron chi connectivity index (χ2n) is 4.86. The van der Waals surface area contributed by atoms with Gasteiger partial charge in [-0.3, -0.25) is 4.79 Å². The maximum atomic E-state index is 11.4. The van der Waals surface area contributed by atoms with Gasteiger partial charge < -0.3 is 20.1 Å². The minimum atomic E-state index is 0.102. The molecule has 2 aromatic rings. The molecule has 1 aromatic heterocycles. The van der Waals surface area contributed by atoms with Gasteiger partial charge in [0.1, 0.15) is 0 Å². The lowest BCUT2D eigenvalue weighted by molar-refractivity contribution is -0.129. The molecule has 1 aliphatic heterocycles. The molecule has 2 heterocycles. The number of nitrogens with two attached hydrogens (primary N) is 1. The number of carbonyl (C=O) groups is 1. The quantitative estimate of drug-likeness (QED) is 0.867. The lowest BCUT2D eigenvalue weighted by Gasteiger charge is -2.35. The Morgan fingerprint density at radius 1 is 1.35 bits per heavy atom. The number of piperazine rings is 1. The van der Waals surface area contributed by atoms with Crippen LogP contribution in [-0.4, -0.2) is 42.1 Å². The van der Waals surface area contributed by atoms with Crippen molar-refractivity contribution in [2.24, 2.45) is 0 Å². The van der Waals surface area contributed by atoms with Gasteiger partial charge in [-0.25, -0.2) is 0 Å². The van der Waals surface area contributed by atoms with E-state index in [2.05, 4.69) is 10.1 Å². The van der Waals surface area contributed by atoms with E-state index in [1.54, 1.807) is 13.0 Å². The van der Waals surface area contributed by atoms with Gasteiger partial charge in [0.05, 0.1) is 11.1 Å². The highest BCUT2D eigenvalue weighted by molar-refractivity contribution is 6.32. The fraction of sp³-hybridized carbons (Fsp3) is 0.385. The van der Waals surface area contributed by atoms with Crippen molar-refractivity contribution >= 4 is 40.0 Å². The van der Waals surface area contributed by atoms with Gasteiger partial charge in [-0.15, -0.1) is 0 Å². The molecule has 1 fully saturated rings. The summed E-state index contributed by atoms with van der Waals surface area (Å²) in [7, 11) is 0. The summed E-state index contributed by atoms with van der Waals surface area (Å²) < 4.78 is 5.31. The smallest absolute Gasteiger partial charge is 0.219 e. The molecule has 0 saturated carbocycles. The lowest BCUT2D eigenvalue weighted by atomic mass is 10.2. The summed E-state index contributed by atoms with van der Waals surface area (Å²) in [6.45, 7) is 4.43. The number of carbonyl (C=O) groups excluding carboxylic acids is 1. The average Bonchev–Trinajstić information content (AvgIpc) is 2.80. The van der Waals surface area contributed by atoms with Crippen molar-refractivity contribution in [2.75, 3.05) is 36.8 Å². The number of fused-ring (bicyclic) bond motifs is 1. The molecule has 7 heteroatoms. The Balaban J connectivity index is 1.93. The van der Waals surface area contributed by atoms with Crippen molar-refractivity contribution < 1.29 is 9.32 Å². The monoisotopic (exact) mass is 294 g/mol. The number of anilines is 2. The average molecular weight is 295 g/mol.